The molecule has 108 valence electrons. The fourth-order valence-electron chi connectivity index (χ4n) is 1.51. The summed E-state index contributed by atoms with van der Waals surface area (Å²) < 4.78 is 47.3. The fourth-order valence-corrected chi connectivity index (χ4v) is 2.11. The lowest BCUT2D eigenvalue weighted by Gasteiger charge is -2.14. The Kier molecular flexibility index (Phi) is 5.93. The topological polar surface area (TPSA) is 30.5 Å². The molecule has 0 aliphatic carbocycles. The fraction of sp³-hybridized carbons (Fsp3) is 0.500. The van der Waals surface area contributed by atoms with Gasteiger partial charge in [-0.3, -0.25) is 0 Å². The van der Waals surface area contributed by atoms with Crippen LogP contribution in [-0.2, 0) is 6.54 Å². The summed E-state index contributed by atoms with van der Waals surface area (Å²) in [5, 5.41) is 2.33. The standard InChI is InChI=1S/C12H15BrF3NO2/c1-3-19-11-9(13)4-8(5-10(11)18-2)6-17-7-12(14,15)16/h4-5,17H,3,6-7H2,1-2H3. The van der Waals surface area contributed by atoms with E-state index in [0.717, 1.165) is 0 Å². The van der Waals surface area contributed by atoms with E-state index in [1.165, 1.54) is 7.11 Å². The number of hydrogen-bond donors (Lipinski definition) is 1. The third-order valence-electron chi connectivity index (χ3n) is 2.23. The second kappa shape index (κ2) is 7.00. The van der Waals surface area contributed by atoms with Crippen molar-refractivity contribution in [2.45, 2.75) is 19.6 Å². The first-order valence-corrected chi connectivity index (χ1v) is 6.43. The Morgan fingerprint density at radius 2 is 2.00 bits per heavy atom. The van der Waals surface area contributed by atoms with Crippen molar-refractivity contribution in [2.75, 3.05) is 20.3 Å². The molecule has 0 unspecified atom stereocenters. The van der Waals surface area contributed by atoms with Crippen LogP contribution in [-0.4, -0.2) is 26.4 Å². The van der Waals surface area contributed by atoms with Crippen molar-refractivity contribution in [3.63, 3.8) is 0 Å². The van der Waals surface area contributed by atoms with Crippen molar-refractivity contribution < 1.29 is 22.6 Å². The zero-order valence-electron chi connectivity index (χ0n) is 10.6. The van der Waals surface area contributed by atoms with Crippen molar-refractivity contribution in [1.82, 2.24) is 5.32 Å². The molecular formula is C12H15BrF3NO2. The van der Waals surface area contributed by atoms with Gasteiger partial charge in [-0.15, -0.1) is 0 Å². The molecule has 0 heterocycles. The highest BCUT2D eigenvalue weighted by Crippen LogP contribution is 2.36. The Hall–Kier alpha value is -0.950. The lowest BCUT2D eigenvalue weighted by molar-refractivity contribution is -0.125. The van der Waals surface area contributed by atoms with Gasteiger partial charge in [-0.05, 0) is 40.5 Å². The molecule has 0 saturated carbocycles. The minimum Gasteiger partial charge on any atom is -0.493 e. The van der Waals surface area contributed by atoms with Crippen molar-refractivity contribution in [3.05, 3.63) is 22.2 Å². The average molecular weight is 342 g/mol. The minimum absolute atomic E-state index is 0.0981. The molecule has 1 aromatic carbocycles. The molecule has 0 bridgehead atoms. The summed E-state index contributed by atoms with van der Waals surface area (Å²) in [5.74, 6) is 1.03. The van der Waals surface area contributed by atoms with Gasteiger partial charge in [-0.1, -0.05) is 0 Å². The highest BCUT2D eigenvalue weighted by Gasteiger charge is 2.26. The molecule has 3 nitrogen and oxygen atoms in total. The zero-order valence-corrected chi connectivity index (χ0v) is 12.2. The van der Waals surface area contributed by atoms with Crippen LogP contribution in [0.4, 0.5) is 13.2 Å². The van der Waals surface area contributed by atoms with E-state index in [1.54, 1.807) is 12.1 Å². The summed E-state index contributed by atoms with van der Waals surface area (Å²) in [6, 6.07) is 3.36. The van der Waals surface area contributed by atoms with Crippen LogP contribution in [0.1, 0.15) is 12.5 Å². The Labute approximate surface area is 118 Å². The van der Waals surface area contributed by atoms with Gasteiger partial charge in [0.05, 0.1) is 24.7 Å². The van der Waals surface area contributed by atoms with E-state index in [9.17, 15) is 13.2 Å². The second-order valence-corrected chi connectivity index (χ2v) is 4.62. The predicted octanol–water partition coefficient (Wildman–Crippen LogP) is 3.51. The highest BCUT2D eigenvalue weighted by atomic mass is 79.9. The van der Waals surface area contributed by atoms with E-state index in [2.05, 4.69) is 21.2 Å². The molecule has 0 saturated heterocycles. The first-order chi connectivity index (χ1) is 8.87. The molecule has 0 fully saturated rings. The van der Waals surface area contributed by atoms with Crippen LogP contribution < -0.4 is 14.8 Å². The van der Waals surface area contributed by atoms with Crippen LogP contribution in [0.5, 0.6) is 11.5 Å². The van der Waals surface area contributed by atoms with Crippen LogP contribution in [0.25, 0.3) is 0 Å². The van der Waals surface area contributed by atoms with Gasteiger partial charge in [0.1, 0.15) is 0 Å². The maximum absolute atomic E-state index is 12.0. The monoisotopic (exact) mass is 341 g/mol. The van der Waals surface area contributed by atoms with Gasteiger partial charge in [0, 0.05) is 6.54 Å². The van der Waals surface area contributed by atoms with Gasteiger partial charge in [-0.2, -0.15) is 13.2 Å². The summed E-state index contributed by atoms with van der Waals surface area (Å²) in [6.45, 7) is 1.38. The Balaban J connectivity index is 2.78. The highest BCUT2D eigenvalue weighted by molar-refractivity contribution is 9.10. The van der Waals surface area contributed by atoms with E-state index in [0.29, 0.717) is 28.1 Å². The van der Waals surface area contributed by atoms with Gasteiger partial charge >= 0.3 is 6.18 Å². The molecule has 1 aromatic rings. The van der Waals surface area contributed by atoms with Gasteiger partial charge < -0.3 is 14.8 Å². The van der Waals surface area contributed by atoms with Crippen LogP contribution in [0.15, 0.2) is 16.6 Å². The maximum Gasteiger partial charge on any atom is 0.401 e. The van der Waals surface area contributed by atoms with Crippen molar-refractivity contribution in [2.24, 2.45) is 0 Å². The molecule has 0 radical (unpaired) electrons. The third-order valence-corrected chi connectivity index (χ3v) is 2.82. The van der Waals surface area contributed by atoms with Gasteiger partial charge in [0.15, 0.2) is 11.5 Å². The lowest BCUT2D eigenvalue weighted by Crippen LogP contribution is -2.28. The Morgan fingerprint density at radius 3 is 2.53 bits per heavy atom. The Morgan fingerprint density at radius 1 is 1.32 bits per heavy atom. The second-order valence-electron chi connectivity index (χ2n) is 3.76. The number of ether oxygens (including phenoxy) is 2. The SMILES string of the molecule is CCOc1c(Br)cc(CNCC(F)(F)F)cc1OC. The number of rotatable bonds is 6. The zero-order chi connectivity index (χ0) is 14.5. The number of halogens is 4. The van der Waals surface area contributed by atoms with Crippen molar-refractivity contribution >= 4 is 15.9 Å². The quantitative estimate of drug-likeness (QED) is 0.858. The van der Waals surface area contributed by atoms with Gasteiger partial charge in [0.25, 0.3) is 0 Å². The van der Waals surface area contributed by atoms with Gasteiger partial charge in [0.2, 0.25) is 0 Å². The van der Waals surface area contributed by atoms with E-state index < -0.39 is 12.7 Å². The molecule has 1 rings (SSSR count). The molecule has 0 aliphatic heterocycles. The summed E-state index contributed by atoms with van der Waals surface area (Å²) in [6.07, 6.45) is -4.22. The van der Waals surface area contributed by atoms with Crippen LogP contribution in [0.2, 0.25) is 0 Å². The summed E-state index contributed by atoms with van der Waals surface area (Å²) in [5.41, 5.74) is 0.677. The molecule has 0 aliphatic rings. The minimum atomic E-state index is -4.22. The summed E-state index contributed by atoms with van der Waals surface area (Å²) in [4.78, 5) is 0. The molecule has 0 atom stereocenters. The van der Waals surface area contributed by atoms with Crippen molar-refractivity contribution in [3.8, 4) is 11.5 Å². The summed E-state index contributed by atoms with van der Waals surface area (Å²) in [7, 11) is 1.48. The molecule has 1 N–H and O–H groups in total. The number of methoxy groups -OCH3 is 1. The number of hydrogen-bond acceptors (Lipinski definition) is 3. The average Bonchev–Trinajstić information content (AvgIpc) is 2.30. The Bertz CT molecular complexity index is 424. The van der Waals surface area contributed by atoms with E-state index in [1.807, 2.05) is 6.92 Å². The normalized spacial score (nSPS) is 11.5. The van der Waals surface area contributed by atoms with E-state index in [4.69, 9.17) is 9.47 Å². The van der Waals surface area contributed by atoms with Crippen molar-refractivity contribution in [1.29, 1.82) is 0 Å². The van der Waals surface area contributed by atoms with Crippen LogP contribution in [0.3, 0.4) is 0 Å². The number of nitrogens with one attached hydrogen (secondary N) is 1. The largest absolute Gasteiger partial charge is 0.493 e. The van der Waals surface area contributed by atoms with E-state index >= 15 is 0 Å². The lowest BCUT2D eigenvalue weighted by atomic mass is 10.2. The molecular weight excluding hydrogens is 327 g/mol. The molecule has 0 amide bonds. The first-order valence-electron chi connectivity index (χ1n) is 5.64. The predicted molar refractivity (Wildman–Crippen MR) is 69.6 cm³/mol. The van der Waals surface area contributed by atoms with E-state index in [-0.39, 0.29) is 6.54 Å². The maximum atomic E-state index is 12.0. The first kappa shape index (κ1) is 16.1. The number of alkyl halides is 3. The van der Waals surface area contributed by atoms with Crippen LogP contribution >= 0.6 is 15.9 Å². The van der Waals surface area contributed by atoms with Gasteiger partial charge in [-0.25, -0.2) is 0 Å². The molecule has 0 aromatic heterocycles. The summed E-state index contributed by atoms with van der Waals surface area (Å²) >= 11 is 3.32. The molecule has 0 spiro atoms. The smallest absolute Gasteiger partial charge is 0.401 e. The molecule has 19 heavy (non-hydrogen) atoms. The number of benzene rings is 1. The van der Waals surface area contributed by atoms with Crippen LogP contribution in [0, 0.1) is 0 Å². The third kappa shape index (κ3) is 5.28. The molecule has 7 heteroatoms.